The molecule has 146 valence electrons. The molecule has 1 N–H and O–H groups in total. The maximum absolute atomic E-state index is 12.3. The van der Waals surface area contributed by atoms with Crippen LogP contribution < -0.4 is 10.2 Å². The molecule has 6 heteroatoms. The fourth-order valence-electron chi connectivity index (χ4n) is 4.90. The van der Waals surface area contributed by atoms with Crippen molar-refractivity contribution in [2.75, 3.05) is 31.1 Å². The molecule has 0 saturated carbocycles. The molecule has 0 spiro atoms. The van der Waals surface area contributed by atoms with Crippen molar-refractivity contribution in [3.63, 3.8) is 0 Å². The molecule has 1 aromatic heterocycles. The molecule has 1 aromatic rings. The maximum atomic E-state index is 12.3. The van der Waals surface area contributed by atoms with Crippen LogP contribution in [-0.2, 0) is 4.79 Å². The van der Waals surface area contributed by atoms with Crippen molar-refractivity contribution in [3.8, 4) is 0 Å². The van der Waals surface area contributed by atoms with Gasteiger partial charge in [0.25, 0.3) is 5.91 Å². The summed E-state index contributed by atoms with van der Waals surface area (Å²) in [7, 11) is 0. The van der Waals surface area contributed by atoms with Crippen molar-refractivity contribution in [2.45, 2.75) is 45.6 Å². The zero-order chi connectivity index (χ0) is 19.0. The van der Waals surface area contributed by atoms with E-state index < -0.39 is 0 Å². The monoisotopic (exact) mass is 370 g/mol. The Labute approximate surface area is 161 Å². The van der Waals surface area contributed by atoms with E-state index in [4.69, 9.17) is 0 Å². The minimum Gasteiger partial charge on any atom is -0.356 e. The van der Waals surface area contributed by atoms with Gasteiger partial charge in [0.2, 0.25) is 5.91 Å². The fraction of sp³-hybridized carbons (Fsp3) is 0.667. The fourth-order valence-corrected chi connectivity index (χ4v) is 4.90. The van der Waals surface area contributed by atoms with Gasteiger partial charge in [-0.25, -0.2) is 4.98 Å². The first kappa shape index (κ1) is 18.3. The molecular formula is C21H30N4O2. The second kappa shape index (κ2) is 7.49. The molecule has 3 saturated heterocycles. The zero-order valence-corrected chi connectivity index (χ0v) is 16.4. The molecule has 3 aliphatic heterocycles. The summed E-state index contributed by atoms with van der Waals surface area (Å²) in [6.07, 6.45) is 5.80. The number of rotatable bonds is 4. The van der Waals surface area contributed by atoms with Crippen LogP contribution in [0.2, 0.25) is 0 Å². The first-order valence-corrected chi connectivity index (χ1v) is 10.3. The number of amides is 2. The Morgan fingerprint density at radius 2 is 2.15 bits per heavy atom. The number of aromatic nitrogens is 1. The van der Waals surface area contributed by atoms with Gasteiger partial charge in [-0.1, -0.05) is 13.8 Å². The van der Waals surface area contributed by atoms with Crippen LogP contribution >= 0.6 is 0 Å². The number of nitrogens with one attached hydrogen (secondary N) is 1. The third kappa shape index (κ3) is 3.80. The number of hydrogen-bond acceptors (Lipinski definition) is 4. The summed E-state index contributed by atoms with van der Waals surface area (Å²) < 4.78 is 0. The van der Waals surface area contributed by atoms with Crippen LogP contribution in [0.3, 0.4) is 0 Å². The second-order valence-electron chi connectivity index (χ2n) is 8.78. The smallest absolute Gasteiger partial charge is 0.252 e. The molecule has 2 amide bonds. The summed E-state index contributed by atoms with van der Waals surface area (Å²) in [6.45, 7) is 7.63. The lowest BCUT2D eigenvalue weighted by Crippen LogP contribution is -2.60. The van der Waals surface area contributed by atoms with Gasteiger partial charge in [0.1, 0.15) is 5.82 Å². The number of fused-ring (bicyclic) bond motifs is 4. The molecule has 3 fully saturated rings. The third-order valence-electron chi connectivity index (χ3n) is 6.18. The van der Waals surface area contributed by atoms with E-state index >= 15 is 0 Å². The van der Waals surface area contributed by atoms with Crippen LogP contribution in [0.4, 0.5) is 5.82 Å². The normalized spacial score (nSPS) is 27.5. The highest BCUT2D eigenvalue weighted by molar-refractivity contribution is 5.94. The number of carbonyl (C=O) groups is 2. The quantitative estimate of drug-likeness (QED) is 0.883. The highest BCUT2D eigenvalue weighted by Crippen LogP contribution is 2.38. The highest BCUT2D eigenvalue weighted by Gasteiger charge is 2.44. The van der Waals surface area contributed by atoms with Crippen LogP contribution in [0.5, 0.6) is 0 Å². The number of pyridine rings is 1. The van der Waals surface area contributed by atoms with Crippen LogP contribution in [0.15, 0.2) is 18.3 Å². The largest absolute Gasteiger partial charge is 0.356 e. The number of nitrogens with zero attached hydrogens (tertiary/aromatic N) is 3. The summed E-state index contributed by atoms with van der Waals surface area (Å²) >= 11 is 0. The lowest BCUT2D eigenvalue weighted by molar-refractivity contribution is -0.142. The predicted octanol–water partition coefficient (Wildman–Crippen LogP) is 2.30. The molecular weight excluding hydrogens is 340 g/mol. The lowest BCUT2D eigenvalue weighted by atomic mass is 9.76. The van der Waals surface area contributed by atoms with Gasteiger partial charge in [-0.15, -0.1) is 0 Å². The Kier molecular flexibility index (Phi) is 5.06. The first-order chi connectivity index (χ1) is 13.0. The Hall–Kier alpha value is -2.11. The van der Waals surface area contributed by atoms with Crippen molar-refractivity contribution in [1.29, 1.82) is 0 Å². The summed E-state index contributed by atoms with van der Waals surface area (Å²) in [5.41, 5.74) is 0.612. The van der Waals surface area contributed by atoms with E-state index in [-0.39, 0.29) is 5.91 Å². The SMILES string of the molecule is CC(C)CNC(=O)c1ccc(N2CC3CC(C2)[C@H]2CCCC(=O)N2C3)nc1. The highest BCUT2D eigenvalue weighted by atomic mass is 16.2. The van der Waals surface area contributed by atoms with E-state index in [1.54, 1.807) is 6.20 Å². The summed E-state index contributed by atoms with van der Waals surface area (Å²) in [4.78, 5) is 33.5. The van der Waals surface area contributed by atoms with E-state index in [0.717, 1.165) is 44.7 Å². The van der Waals surface area contributed by atoms with Crippen LogP contribution in [0.25, 0.3) is 0 Å². The zero-order valence-electron chi connectivity index (χ0n) is 16.4. The number of carbonyl (C=O) groups excluding carboxylic acids is 2. The second-order valence-corrected chi connectivity index (χ2v) is 8.78. The Bertz CT molecular complexity index is 703. The van der Waals surface area contributed by atoms with Gasteiger partial charge in [-0.2, -0.15) is 0 Å². The van der Waals surface area contributed by atoms with Gasteiger partial charge in [0, 0.05) is 44.8 Å². The van der Waals surface area contributed by atoms with E-state index in [1.165, 1.54) is 6.42 Å². The average Bonchev–Trinajstić information content (AvgIpc) is 2.67. The molecule has 2 bridgehead atoms. The number of hydrogen-bond donors (Lipinski definition) is 1. The Morgan fingerprint density at radius 1 is 1.30 bits per heavy atom. The van der Waals surface area contributed by atoms with Gasteiger partial charge in [0.05, 0.1) is 5.56 Å². The molecule has 4 heterocycles. The van der Waals surface area contributed by atoms with E-state index in [9.17, 15) is 9.59 Å². The maximum Gasteiger partial charge on any atom is 0.252 e. The van der Waals surface area contributed by atoms with Crippen molar-refractivity contribution >= 4 is 17.6 Å². The van der Waals surface area contributed by atoms with Crippen molar-refractivity contribution in [1.82, 2.24) is 15.2 Å². The summed E-state index contributed by atoms with van der Waals surface area (Å²) in [5, 5.41) is 2.94. The topological polar surface area (TPSA) is 65.5 Å². The molecule has 3 aliphatic rings. The van der Waals surface area contributed by atoms with Gasteiger partial charge >= 0.3 is 0 Å². The van der Waals surface area contributed by atoms with E-state index in [2.05, 4.69) is 33.9 Å². The van der Waals surface area contributed by atoms with Crippen molar-refractivity contribution in [3.05, 3.63) is 23.9 Å². The molecule has 2 unspecified atom stereocenters. The van der Waals surface area contributed by atoms with Crippen LogP contribution in [0.1, 0.15) is 49.9 Å². The van der Waals surface area contributed by atoms with Gasteiger partial charge in [0.15, 0.2) is 0 Å². The van der Waals surface area contributed by atoms with Gasteiger partial charge < -0.3 is 15.1 Å². The number of piperidine rings is 3. The standard InChI is InChI=1S/C21H30N4O2/c1-14(2)9-23-21(27)16-6-7-19(22-10-16)24-11-15-8-17(13-24)18-4-3-5-20(26)25(18)12-15/h6-7,10,14-15,17-18H,3-5,8-9,11-13H2,1-2H3,(H,23,27)/t15?,17?,18-/m1/s1. The molecule has 27 heavy (non-hydrogen) atoms. The molecule has 0 radical (unpaired) electrons. The Balaban J connectivity index is 1.43. The van der Waals surface area contributed by atoms with Crippen molar-refractivity contribution in [2.24, 2.45) is 17.8 Å². The van der Waals surface area contributed by atoms with E-state index in [0.29, 0.717) is 41.8 Å². The predicted molar refractivity (Wildman–Crippen MR) is 105 cm³/mol. The van der Waals surface area contributed by atoms with Crippen LogP contribution in [0, 0.1) is 17.8 Å². The minimum absolute atomic E-state index is 0.0605. The minimum atomic E-state index is -0.0605. The molecule has 4 rings (SSSR count). The molecule has 6 nitrogen and oxygen atoms in total. The molecule has 0 aliphatic carbocycles. The third-order valence-corrected chi connectivity index (χ3v) is 6.18. The average molecular weight is 370 g/mol. The van der Waals surface area contributed by atoms with Crippen LogP contribution in [-0.4, -0.2) is 53.9 Å². The van der Waals surface area contributed by atoms with Crippen molar-refractivity contribution < 1.29 is 9.59 Å². The van der Waals surface area contributed by atoms with Gasteiger partial charge in [-0.3, -0.25) is 9.59 Å². The lowest BCUT2D eigenvalue weighted by Gasteiger charge is -2.52. The van der Waals surface area contributed by atoms with Gasteiger partial charge in [-0.05, 0) is 49.1 Å². The molecule has 0 aromatic carbocycles. The van der Waals surface area contributed by atoms with E-state index in [1.807, 2.05) is 12.1 Å². The first-order valence-electron chi connectivity index (χ1n) is 10.3. The summed E-state index contributed by atoms with van der Waals surface area (Å²) in [6, 6.07) is 4.25. The number of anilines is 1. The summed E-state index contributed by atoms with van der Waals surface area (Å²) in [5.74, 6) is 2.73. The Morgan fingerprint density at radius 3 is 2.89 bits per heavy atom. The molecule has 3 atom stereocenters.